The zero-order valence-corrected chi connectivity index (χ0v) is 13.1. The Bertz CT molecular complexity index is 792. The van der Waals surface area contributed by atoms with Gasteiger partial charge in [-0.3, -0.25) is 9.59 Å². The topological polar surface area (TPSA) is 89.3 Å². The quantitative estimate of drug-likeness (QED) is 0.844. The summed E-state index contributed by atoms with van der Waals surface area (Å²) in [5.74, 6) is 0.105. The van der Waals surface area contributed by atoms with Crippen molar-refractivity contribution in [2.24, 2.45) is 0 Å². The normalized spacial score (nSPS) is 15.7. The third kappa shape index (κ3) is 3.44. The third-order valence-corrected chi connectivity index (χ3v) is 4.23. The molecule has 7 nitrogen and oxygen atoms in total. The smallest absolute Gasteiger partial charge is 0.323 e. The van der Waals surface area contributed by atoms with Crippen LogP contribution in [0.3, 0.4) is 0 Å². The summed E-state index contributed by atoms with van der Waals surface area (Å²) < 4.78 is 0. The van der Waals surface area contributed by atoms with E-state index in [1.807, 2.05) is 17.0 Å². The summed E-state index contributed by atoms with van der Waals surface area (Å²) in [6, 6.07) is 5.48. The Morgan fingerprint density at radius 3 is 2.52 bits per heavy atom. The van der Waals surface area contributed by atoms with Crippen molar-refractivity contribution in [3.8, 4) is 0 Å². The zero-order valence-electron chi connectivity index (χ0n) is 13.1. The SMILES string of the molecule is CC(=O)N1CCCN(C(=O)Cc2ccc3[nH]c(=O)[nH]c3c2)CC1. The lowest BCUT2D eigenvalue weighted by Gasteiger charge is -2.21. The van der Waals surface area contributed by atoms with Crippen LogP contribution < -0.4 is 5.69 Å². The summed E-state index contributed by atoms with van der Waals surface area (Å²) in [7, 11) is 0. The number of imidazole rings is 1. The first-order valence-electron chi connectivity index (χ1n) is 7.77. The van der Waals surface area contributed by atoms with E-state index in [2.05, 4.69) is 9.97 Å². The van der Waals surface area contributed by atoms with Crippen LogP contribution in [0.4, 0.5) is 0 Å². The average molecular weight is 316 g/mol. The molecule has 1 aromatic carbocycles. The molecule has 0 atom stereocenters. The molecule has 1 aliphatic heterocycles. The predicted octanol–water partition coefficient (Wildman–Crippen LogP) is 0.479. The number of fused-ring (bicyclic) bond motifs is 1. The molecule has 2 heterocycles. The first-order chi connectivity index (χ1) is 11.0. The van der Waals surface area contributed by atoms with Crippen LogP contribution in [-0.4, -0.2) is 57.8 Å². The Morgan fingerprint density at radius 1 is 1.04 bits per heavy atom. The van der Waals surface area contributed by atoms with E-state index in [0.717, 1.165) is 17.5 Å². The molecule has 2 amide bonds. The summed E-state index contributed by atoms with van der Waals surface area (Å²) in [4.78, 5) is 44.2. The fourth-order valence-corrected chi connectivity index (χ4v) is 2.96. The van der Waals surface area contributed by atoms with E-state index in [0.29, 0.717) is 38.1 Å². The maximum Gasteiger partial charge on any atom is 0.323 e. The van der Waals surface area contributed by atoms with Gasteiger partial charge in [0.15, 0.2) is 0 Å². The van der Waals surface area contributed by atoms with Gasteiger partial charge < -0.3 is 19.8 Å². The fraction of sp³-hybridized carbons (Fsp3) is 0.438. The molecule has 0 aliphatic carbocycles. The van der Waals surface area contributed by atoms with E-state index in [9.17, 15) is 14.4 Å². The van der Waals surface area contributed by atoms with E-state index < -0.39 is 0 Å². The van der Waals surface area contributed by atoms with E-state index in [1.165, 1.54) is 0 Å². The third-order valence-electron chi connectivity index (χ3n) is 4.23. The van der Waals surface area contributed by atoms with Crippen molar-refractivity contribution in [3.05, 3.63) is 34.2 Å². The number of carbonyl (C=O) groups is 2. The summed E-state index contributed by atoms with van der Waals surface area (Å²) in [6.45, 7) is 4.10. The van der Waals surface area contributed by atoms with Crippen molar-refractivity contribution >= 4 is 22.8 Å². The van der Waals surface area contributed by atoms with E-state index in [-0.39, 0.29) is 17.5 Å². The summed E-state index contributed by atoms with van der Waals surface area (Å²) in [6.07, 6.45) is 1.10. The number of carbonyl (C=O) groups excluding carboxylic acids is 2. The first kappa shape index (κ1) is 15.3. The maximum absolute atomic E-state index is 12.5. The molecule has 1 aromatic heterocycles. The molecular formula is C16H20N4O3. The van der Waals surface area contributed by atoms with Crippen LogP contribution >= 0.6 is 0 Å². The first-order valence-corrected chi connectivity index (χ1v) is 7.77. The van der Waals surface area contributed by atoms with Gasteiger partial charge in [0.05, 0.1) is 17.5 Å². The van der Waals surface area contributed by atoms with Gasteiger partial charge in [0.2, 0.25) is 11.8 Å². The molecule has 1 fully saturated rings. The highest BCUT2D eigenvalue weighted by Gasteiger charge is 2.20. The summed E-state index contributed by atoms with van der Waals surface area (Å²) in [5, 5.41) is 0. The molecule has 0 bridgehead atoms. The highest BCUT2D eigenvalue weighted by molar-refractivity contribution is 5.81. The van der Waals surface area contributed by atoms with Gasteiger partial charge >= 0.3 is 5.69 Å². The fourth-order valence-electron chi connectivity index (χ4n) is 2.96. The van der Waals surface area contributed by atoms with Gasteiger partial charge in [0.1, 0.15) is 0 Å². The predicted molar refractivity (Wildman–Crippen MR) is 86.1 cm³/mol. The van der Waals surface area contributed by atoms with Crippen molar-refractivity contribution in [2.45, 2.75) is 19.8 Å². The monoisotopic (exact) mass is 316 g/mol. The van der Waals surface area contributed by atoms with Crippen LogP contribution in [0.1, 0.15) is 18.9 Å². The summed E-state index contributed by atoms with van der Waals surface area (Å²) >= 11 is 0. The van der Waals surface area contributed by atoms with Crippen molar-refractivity contribution in [1.29, 1.82) is 0 Å². The molecule has 1 saturated heterocycles. The second kappa shape index (κ2) is 6.28. The molecule has 0 radical (unpaired) electrons. The van der Waals surface area contributed by atoms with E-state index >= 15 is 0 Å². The van der Waals surface area contributed by atoms with Crippen molar-refractivity contribution in [1.82, 2.24) is 19.8 Å². The number of rotatable bonds is 2. The Labute approximate surface area is 133 Å². The second-order valence-electron chi connectivity index (χ2n) is 5.88. The minimum absolute atomic E-state index is 0.0487. The summed E-state index contributed by atoms with van der Waals surface area (Å²) in [5.41, 5.74) is 2.06. The Kier molecular flexibility index (Phi) is 4.18. The number of hydrogen-bond donors (Lipinski definition) is 2. The molecule has 2 aromatic rings. The van der Waals surface area contributed by atoms with Crippen molar-refractivity contribution in [3.63, 3.8) is 0 Å². The van der Waals surface area contributed by atoms with Crippen molar-refractivity contribution in [2.75, 3.05) is 26.2 Å². The molecule has 23 heavy (non-hydrogen) atoms. The number of amides is 2. The highest BCUT2D eigenvalue weighted by Crippen LogP contribution is 2.12. The van der Waals surface area contributed by atoms with Crippen LogP contribution in [0.5, 0.6) is 0 Å². The number of hydrogen-bond acceptors (Lipinski definition) is 3. The van der Waals surface area contributed by atoms with Crippen LogP contribution in [0.25, 0.3) is 11.0 Å². The van der Waals surface area contributed by atoms with Crippen LogP contribution in [0.2, 0.25) is 0 Å². The van der Waals surface area contributed by atoms with Crippen LogP contribution in [0, 0.1) is 0 Å². The lowest BCUT2D eigenvalue weighted by atomic mass is 10.1. The molecule has 0 saturated carbocycles. The highest BCUT2D eigenvalue weighted by atomic mass is 16.2. The maximum atomic E-state index is 12.5. The van der Waals surface area contributed by atoms with Gasteiger partial charge in [-0.1, -0.05) is 6.07 Å². The van der Waals surface area contributed by atoms with Gasteiger partial charge in [-0.25, -0.2) is 4.79 Å². The standard InChI is InChI=1S/C16H20N4O3/c1-11(21)19-5-2-6-20(8-7-19)15(22)10-12-3-4-13-14(9-12)18-16(23)17-13/h3-4,9H,2,5-8,10H2,1H3,(H2,17,18,23). The minimum Gasteiger partial charge on any atom is -0.341 e. The number of nitrogens with zero attached hydrogens (tertiary/aromatic N) is 2. The van der Waals surface area contributed by atoms with Crippen LogP contribution in [-0.2, 0) is 16.0 Å². The number of aromatic nitrogens is 2. The van der Waals surface area contributed by atoms with Gasteiger partial charge in [-0.15, -0.1) is 0 Å². The van der Waals surface area contributed by atoms with Gasteiger partial charge in [0, 0.05) is 33.1 Å². The average Bonchev–Trinajstić information content (AvgIpc) is 2.72. The zero-order chi connectivity index (χ0) is 16.4. The number of nitrogens with one attached hydrogen (secondary N) is 2. The van der Waals surface area contributed by atoms with E-state index in [4.69, 9.17) is 0 Å². The molecule has 3 rings (SSSR count). The molecule has 2 N–H and O–H groups in total. The number of H-pyrrole nitrogens is 2. The largest absolute Gasteiger partial charge is 0.341 e. The molecular weight excluding hydrogens is 296 g/mol. The molecule has 1 aliphatic rings. The molecule has 0 spiro atoms. The lowest BCUT2D eigenvalue weighted by molar-refractivity contribution is -0.132. The molecule has 122 valence electrons. The van der Waals surface area contributed by atoms with Crippen molar-refractivity contribution < 1.29 is 9.59 Å². The van der Waals surface area contributed by atoms with Crippen LogP contribution in [0.15, 0.2) is 23.0 Å². The second-order valence-corrected chi connectivity index (χ2v) is 5.88. The van der Waals surface area contributed by atoms with Gasteiger partial charge in [0.25, 0.3) is 0 Å². The molecule has 7 heteroatoms. The Morgan fingerprint density at radius 2 is 1.74 bits per heavy atom. The minimum atomic E-state index is -0.250. The molecule has 0 unspecified atom stereocenters. The van der Waals surface area contributed by atoms with E-state index in [1.54, 1.807) is 17.9 Å². The number of benzene rings is 1. The number of aromatic amines is 2. The Hall–Kier alpha value is -2.57. The Balaban J connectivity index is 1.67. The van der Waals surface area contributed by atoms with Gasteiger partial charge in [-0.2, -0.15) is 0 Å². The lowest BCUT2D eigenvalue weighted by Crippen LogP contribution is -2.37. The van der Waals surface area contributed by atoms with Gasteiger partial charge in [-0.05, 0) is 24.1 Å².